The van der Waals surface area contributed by atoms with Crippen molar-refractivity contribution in [1.82, 2.24) is 4.90 Å². The van der Waals surface area contributed by atoms with Crippen LogP contribution < -0.4 is 0 Å². The third kappa shape index (κ3) is 4.66. The average molecular weight is 442 g/mol. The second kappa shape index (κ2) is 8.24. The molecule has 1 saturated heterocycles. The van der Waals surface area contributed by atoms with Gasteiger partial charge < -0.3 is 9.90 Å². The molecule has 146 valence electrons. The summed E-state index contributed by atoms with van der Waals surface area (Å²) in [5.74, 6) is 1.24. The van der Waals surface area contributed by atoms with Crippen molar-refractivity contribution in [3.63, 3.8) is 0 Å². The van der Waals surface area contributed by atoms with Crippen molar-refractivity contribution < 1.29 is 9.90 Å². The second-order valence-corrected chi connectivity index (χ2v) is 11.0. The van der Waals surface area contributed by atoms with Crippen LogP contribution in [0.25, 0.3) is 0 Å². The van der Waals surface area contributed by atoms with Gasteiger partial charge >= 0.3 is 0 Å². The molecule has 2 atom stereocenters. The van der Waals surface area contributed by atoms with Gasteiger partial charge in [-0.05, 0) is 46.1 Å². The summed E-state index contributed by atoms with van der Waals surface area (Å²) < 4.78 is 0. The number of nitrogens with zero attached hydrogens (tertiary/aromatic N) is 1. The molecule has 0 amide bonds. The maximum absolute atomic E-state index is 11.6. The number of phenolic OH excluding ortho intramolecular Hbond substituents is 1. The van der Waals surface area contributed by atoms with Crippen LogP contribution in [0.2, 0.25) is 0 Å². The van der Waals surface area contributed by atoms with Gasteiger partial charge in [-0.15, -0.1) is 11.8 Å². The number of aromatic hydroxyl groups is 1. The number of aldehydes is 1. The first-order chi connectivity index (χ1) is 12.0. The minimum absolute atomic E-state index is 0.0333. The fourth-order valence-electron chi connectivity index (χ4n) is 3.43. The maximum Gasteiger partial charge on any atom is 0.138 e. The molecule has 5 heteroatoms. The molecule has 1 N–H and O–H groups in total. The van der Waals surface area contributed by atoms with Crippen molar-refractivity contribution in [2.24, 2.45) is 0 Å². The van der Waals surface area contributed by atoms with Crippen LogP contribution in [0.4, 0.5) is 0 Å². The number of carbonyl (C=O) groups excluding carboxylic acids is 1. The van der Waals surface area contributed by atoms with Crippen LogP contribution in [0.15, 0.2) is 12.1 Å². The van der Waals surface area contributed by atoms with Gasteiger partial charge in [0.2, 0.25) is 0 Å². The topological polar surface area (TPSA) is 40.5 Å². The molecule has 0 aliphatic carbocycles. The smallest absolute Gasteiger partial charge is 0.138 e. The van der Waals surface area contributed by atoms with Crippen LogP contribution in [0.3, 0.4) is 0 Å². The lowest BCUT2D eigenvalue weighted by molar-refractivity contribution is -0.111. The van der Waals surface area contributed by atoms with E-state index in [-0.39, 0.29) is 22.2 Å². The summed E-state index contributed by atoms with van der Waals surface area (Å²) in [5.41, 5.74) is 2.87. The number of alkyl halides is 1. The molecule has 2 unspecified atom stereocenters. The number of hydrogen-bond donors (Lipinski definition) is 1. The van der Waals surface area contributed by atoms with Gasteiger partial charge in [0.15, 0.2) is 0 Å². The van der Waals surface area contributed by atoms with E-state index in [1.807, 2.05) is 11.8 Å². The van der Waals surface area contributed by atoms with E-state index in [2.05, 4.69) is 74.5 Å². The Morgan fingerprint density at radius 1 is 1.19 bits per heavy atom. The van der Waals surface area contributed by atoms with Crippen molar-refractivity contribution in [2.75, 3.05) is 17.6 Å². The highest BCUT2D eigenvalue weighted by Gasteiger charge is 2.36. The lowest BCUT2D eigenvalue weighted by atomic mass is 9.78. The third-order valence-corrected chi connectivity index (χ3v) is 6.85. The van der Waals surface area contributed by atoms with Gasteiger partial charge in [0.05, 0.1) is 11.4 Å². The van der Waals surface area contributed by atoms with Crippen LogP contribution in [0, 0.1) is 0 Å². The number of benzene rings is 1. The largest absolute Gasteiger partial charge is 0.507 e. The number of hydrogen-bond acceptors (Lipinski definition) is 4. The second-order valence-electron chi connectivity index (χ2n) is 9.13. The Bertz CT molecular complexity index is 613. The summed E-state index contributed by atoms with van der Waals surface area (Å²) in [6, 6.07) is 4.27. The molecule has 26 heavy (non-hydrogen) atoms. The molecule has 1 aromatic rings. The van der Waals surface area contributed by atoms with Gasteiger partial charge in [-0.1, -0.05) is 57.5 Å². The van der Waals surface area contributed by atoms with Crippen molar-refractivity contribution in [3.05, 3.63) is 28.8 Å². The van der Waals surface area contributed by atoms with Crippen LogP contribution in [-0.4, -0.2) is 40.0 Å². The van der Waals surface area contributed by atoms with Crippen molar-refractivity contribution in [1.29, 1.82) is 0 Å². The first-order valence-electron chi connectivity index (χ1n) is 9.27. The third-order valence-electron chi connectivity index (χ3n) is 4.89. The van der Waals surface area contributed by atoms with Gasteiger partial charge in [-0.3, -0.25) is 4.90 Å². The Balaban J connectivity index is 2.56. The Labute approximate surface area is 171 Å². The molecule has 1 aromatic carbocycles. The number of carbonyl (C=O) groups is 1. The van der Waals surface area contributed by atoms with Crippen LogP contribution >= 0.6 is 27.7 Å². The molecule has 0 aromatic heterocycles. The first-order valence-corrected chi connectivity index (χ1v) is 11.4. The Hall–Kier alpha value is -0.520. The standard InChI is InChI=1S/C21H32BrNO2S/c1-20(2,3)16-10-14(11-17(18(16)25)21(4,5)6)19-23(9-7-8-22)15(12-24)13-26-19/h10-12,15,19,25H,7-9,13H2,1-6H3. The van der Waals surface area contributed by atoms with Crippen molar-refractivity contribution >= 4 is 34.0 Å². The number of phenols is 1. The van der Waals surface area contributed by atoms with Gasteiger partial charge in [0, 0.05) is 17.6 Å². The monoisotopic (exact) mass is 441 g/mol. The quantitative estimate of drug-likeness (QED) is 0.491. The average Bonchev–Trinajstić information content (AvgIpc) is 2.93. The highest BCUT2D eigenvalue weighted by Crippen LogP contribution is 2.46. The SMILES string of the molecule is CC(C)(C)c1cc(C2SCC(C=O)N2CCCBr)cc(C(C)(C)C)c1O. The molecule has 1 aliphatic heterocycles. The normalized spacial score (nSPS) is 22.0. The molecule has 1 aliphatic rings. The van der Waals surface area contributed by atoms with E-state index in [4.69, 9.17) is 0 Å². The molecule has 3 nitrogen and oxygen atoms in total. The van der Waals surface area contributed by atoms with Gasteiger partial charge in [0.25, 0.3) is 0 Å². The fourth-order valence-corrected chi connectivity index (χ4v) is 5.11. The molecule has 0 radical (unpaired) electrons. The summed E-state index contributed by atoms with van der Waals surface area (Å²) in [5, 5.41) is 12.0. The summed E-state index contributed by atoms with van der Waals surface area (Å²) in [6.45, 7) is 13.7. The molecule has 0 bridgehead atoms. The lowest BCUT2D eigenvalue weighted by Gasteiger charge is -2.32. The van der Waals surface area contributed by atoms with E-state index >= 15 is 0 Å². The minimum atomic E-state index is -0.145. The summed E-state index contributed by atoms with van der Waals surface area (Å²) in [7, 11) is 0. The van der Waals surface area contributed by atoms with Gasteiger partial charge in [-0.2, -0.15) is 0 Å². The Morgan fingerprint density at radius 2 is 1.73 bits per heavy atom. The zero-order chi connectivity index (χ0) is 19.7. The number of rotatable bonds is 5. The zero-order valence-corrected chi connectivity index (χ0v) is 19.2. The Kier molecular flexibility index (Phi) is 6.90. The molecule has 0 spiro atoms. The highest BCUT2D eigenvalue weighted by atomic mass is 79.9. The van der Waals surface area contributed by atoms with E-state index in [0.29, 0.717) is 5.75 Å². The van der Waals surface area contributed by atoms with Crippen LogP contribution in [0.1, 0.15) is 70.0 Å². The summed E-state index contributed by atoms with van der Waals surface area (Å²) in [4.78, 5) is 13.9. The van der Waals surface area contributed by atoms with Gasteiger partial charge in [-0.25, -0.2) is 0 Å². The van der Waals surface area contributed by atoms with E-state index in [1.165, 1.54) is 5.56 Å². The van der Waals surface area contributed by atoms with E-state index in [9.17, 15) is 9.90 Å². The summed E-state index contributed by atoms with van der Waals surface area (Å²) in [6.07, 6.45) is 2.09. The first kappa shape index (κ1) is 21.8. The highest BCUT2D eigenvalue weighted by molar-refractivity contribution is 9.09. The van der Waals surface area contributed by atoms with E-state index < -0.39 is 0 Å². The molecule has 2 rings (SSSR count). The predicted octanol–water partition coefficient (Wildman–Crippen LogP) is 5.39. The number of thioether (sulfide) groups is 1. The fraction of sp³-hybridized carbons (Fsp3) is 0.667. The number of halogens is 1. The summed E-state index contributed by atoms with van der Waals surface area (Å²) >= 11 is 5.33. The lowest BCUT2D eigenvalue weighted by Crippen LogP contribution is -2.35. The zero-order valence-electron chi connectivity index (χ0n) is 16.8. The van der Waals surface area contributed by atoms with Crippen molar-refractivity contribution in [2.45, 2.75) is 70.2 Å². The van der Waals surface area contributed by atoms with Crippen LogP contribution in [-0.2, 0) is 15.6 Å². The minimum Gasteiger partial charge on any atom is -0.507 e. The molecular formula is C21H32BrNO2S. The van der Waals surface area contributed by atoms with E-state index in [0.717, 1.165) is 41.5 Å². The maximum atomic E-state index is 11.6. The van der Waals surface area contributed by atoms with E-state index in [1.54, 1.807) is 0 Å². The molecule has 1 fully saturated rings. The molecule has 1 heterocycles. The Morgan fingerprint density at radius 3 is 2.15 bits per heavy atom. The van der Waals surface area contributed by atoms with Crippen molar-refractivity contribution in [3.8, 4) is 5.75 Å². The predicted molar refractivity (Wildman–Crippen MR) is 116 cm³/mol. The van der Waals surface area contributed by atoms with Crippen LogP contribution in [0.5, 0.6) is 5.75 Å². The molecule has 0 saturated carbocycles. The van der Waals surface area contributed by atoms with Gasteiger partial charge in [0.1, 0.15) is 12.0 Å². The molecular weight excluding hydrogens is 410 g/mol.